The number of rotatable bonds is 2. The van der Waals surface area contributed by atoms with Gasteiger partial charge in [-0.05, 0) is 23.8 Å². The van der Waals surface area contributed by atoms with E-state index in [9.17, 15) is 20.0 Å². The minimum Gasteiger partial charge on any atom is -0.872 e. The fraction of sp³-hybridized carbons (Fsp3) is 0. The van der Waals surface area contributed by atoms with Crippen LogP contribution in [0.2, 0.25) is 0 Å². The van der Waals surface area contributed by atoms with Gasteiger partial charge in [0.1, 0.15) is 0 Å². The molecule has 0 bridgehead atoms. The van der Waals surface area contributed by atoms with Gasteiger partial charge in [0.15, 0.2) is 0 Å². The minimum atomic E-state index is -0.570. The Hall–Kier alpha value is -2.60. The number of benzene rings is 2. The summed E-state index contributed by atoms with van der Waals surface area (Å²) < 4.78 is 0. The van der Waals surface area contributed by atoms with E-state index in [1.165, 1.54) is 23.9 Å². The van der Waals surface area contributed by atoms with E-state index in [0.717, 1.165) is 17.0 Å². The molecule has 0 unspecified atom stereocenters. The highest BCUT2D eigenvalue weighted by molar-refractivity contribution is 8.04. The maximum absolute atomic E-state index is 12.2. The number of nitro groups is 1. The second-order valence-electron chi connectivity index (χ2n) is 4.42. The fourth-order valence-corrected chi connectivity index (χ4v) is 3.08. The molecule has 0 N–H and O–H groups in total. The number of fused-ring (bicyclic) bond motifs is 1. The van der Waals surface area contributed by atoms with Gasteiger partial charge in [0, 0.05) is 22.6 Å². The van der Waals surface area contributed by atoms with E-state index < -0.39 is 4.92 Å². The third-order valence-corrected chi connectivity index (χ3v) is 4.17. The molecule has 0 amide bonds. The Labute approximate surface area is 124 Å². The average Bonchev–Trinajstić information content (AvgIpc) is 2.78. The van der Waals surface area contributed by atoms with Crippen LogP contribution in [-0.2, 0) is 0 Å². The lowest BCUT2D eigenvalue weighted by molar-refractivity contribution is -0.385. The molecule has 0 radical (unpaired) electrons. The molecule has 1 aliphatic heterocycles. The first-order valence-electron chi connectivity index (χ1n) is 6.05. The lowest BCUT2D eigenvalue weighted by Crippen LogP contribution is -1.98. The largest absolute Gasteiger partial charge is 0.872 e. The molecule has 6 heteroatoms. The second kappa shape index (κ2) is 5.06. The number of thioether (sulfide) groups is 1. The van der Waals surface area contributed by atoms with Gasteiger partial charge in [-0.2, -0.15) is 0 Å². The van der Waals surface area contributed by atoms with Crippen molar-refractivity contribution < 1.29 is 14.8 Å². The Kier molecular flexibility index (Phi) is 3.23. The van der Waals surface area contributed by atoms with Crippen molar-refractivity contribution in [2.24, 2.45) is 0 Å². The molecule has 0 fully saturated rings. The Morgan fingerprint density at radius 3 is 2.62 bits per heavy atom. The molecule has 104 valence electrons. The van der Waals surface area contributed by atoms with E-state index in [0.29, 0.717) is 10.5 Å². The average molecular weight is 298 g/mol. The number of carbonyl (C=O) groups is 1. The van der Waals surface area contributed by atoms with Crippen LogP contribution in [0.3, 0.4) is 0 Å². The van der Waals surface area contributed by atoms with Gasteiger partial charge < -0.3 is 5.11 Å². The van der Waals surface area contributed by atoms with Crippen molar-refractivity contribution in [2.45, 2.75) is 4.90 Å². The topological polar surface area (TPSA) is 83.3 Å². The summed E-state index contributed by atoms with van der Waals surface area (Å²) in [5, 5.41) is 22.5. The molecular weight excluding hydrogens is 290 g/mol. The van der Waals surface area contributed by atoms with Gasteiger partial charge in [0.25, 0.3) is 5.69 Å². The number of hydrogen-bond acceptors (Lipinski definition) is 5. The van der Waals surface area contributed by atoms with Gasteiger partial charge in [-0.25, -0.2) is 0 Å². The van der Waals surface area contributed by atoms with E-state index in [1.807, 2.05) is 12.1 Å². The number of ketones is 1. The molecule has 0 spiro atoms. The van der Waals surface area contributed by atoms with Crippen molar-refractivity contribution in [1.29, 1.82) is 0 Å². The molecule has 3 rings (SSSR count). The summed E-state index contributed by atoms with van der Waals surface area (Å²) >= 11 is 1.26. The maximum atomic E-state index is 12.2. The van der Waals surface area contributed by atoms with Gasteiger partial charge in [-0.1, -0.05) is 30.0 Å². The lowest BCUT2D eigenvalue weighted by atomic mass is 10.1. The predicted octanol–water partition coefficient (Wildman–Crippen LogP) is 3.00. The van der Waals surface area contributed by atoms with Crippen LogP contribution in [0.15, 0.2) is 52.3 Å². The Balaban J connectivity index is 2.03. The standard InChI is InChI=1S/C15H9NO4S/c17-12-6-5-10(16(19)20)7-9(12)8-14-15(18)11-3-1-2-4-13(11)21-14/h1-8,17H/p-1/b14-8-. The SMILES string of the molecule is O=C1/C(=C/c2cc([N+](=O)[O-])ccc2[O-])Sc2ccccc21. The van der Waals surface area contributed by atoms with Crippen molar-refractivity contribution in [2.75, 3.05) is 0 Å². The lowest BCUT2D eigenvalue weighted by Gasteiger charge is -2.09. The minimum absolute atomic E-state index is 0.146. The molecule has 5 nitrogen and oxygen atoms in total. The Morgan fingerprint density at radius 1 is 1.14 bits per heavy atom. The van der Waals surface area contributed by atoms with Crippen LogP contribution in [0.1, 0.15) is 15.9 Å². The smallest absolute Gasteiger partial charge is 0.269 e. The van der Waals surface area contributed by atoms with E-state index >= 15 is 0 Å². The van der Waals surface area contributed by atoms with Crippen LogP contribution in [-0.4, -0.2) is 10.7 Å². The van der Waals surface area contributed by atoms with Crippen LogP contribution in [0.5, 0.6) is 5.75 Å². The summed E-state index contributed by atoms with van der Waals surface area (Å²) in [6, 6.07) is 10.6. The number of nitro benzene ring substituents is 1. The quantitative estimate of drug-likeness (QED) is 0.483. The number of Topliss-reactive ketones (excluding diaryl/α,β-unsaturated/α-hetero) is 1. The molecule has 1 aliphatic rings. The fourth-order valence-electron chi connectivity index (χ4n) is 2.04. The molecule has 1 heterocycles. The van der Waals surface area contributed by atoms with Crippen molar-refractivity contribution in [3.8, 4) is 5.75 Å². The molecule has 0 saturated heterocycles. The summed E-state index contributed by atoms with van der Waals surface area (Å²) in [5.74, 6) is -0.515. The van der Waals surface area contributed by atoms with Crippen LogP contribution in [0, 0.1) is 10.1 Å². The monoisotopic (exact) mass is 298 g/mol. The first kappa shape index (κ1) is 13.4. The highest BCUT2D eigenvalue weighted by Crippen LogP contribution is 2.41. The van der Waals surface area contributed by atoms with Crippen LogP contribution in [0.4, 0.5) is 5.69 Å². The van der Waals surface area contributed by atoms with E-state index in [1.54, 1.807) is 12.1 Å². The van der Waals surface area contributed by atoms with Gasteiger partial charge in [-0.15, -0.1) is 5.75 Å². The Bertz CT molecular complexity index is 798. The third kappa shape index (κ3) is 2.41. The number of non-ortho nitro benzene ring substituents is 1. The molecule has 21 heavy (non-hydrogen) atoms. The van der Waals surface area contributed by atoms with Crippen LogP contribution < -0.4 is 5.11 Å². The number of carbonyl (C=O) groups excluding carboxylic acids is 1. The first-order chi connectivity index (χ1) is 10.1. The number of allylic oxidation sites excluding steroid dienone is 1. The van der Waals surface area contributed by atoms with Gasteiger partial charge >= 0.3 is 0 Å². The molecule has 2 aromatic carbocycles. The Morgan fingerprint density at radius 2 is 1.90 bits per heavy atom. The summed E-state index contributed by atoms with van der Waals surface area (Å²) in [5.41, 5.74) is 0.564. The van der Waals surface area contributed by atoms with Crippen molar-refractivity contribution in [1.82, 2.24) is 0 Å². The second-order valence-corrected chi connectivity index (χ2v) is 5.50. The van der Waals surface area contributed by atoms with Crippen molar-refractivity contribution in [3.05, 3.63) is 68.6 Å². The summed E-state index contributed by atoms with van der Waals surface area (Å²) in [6.45, 7) is 0. The van der Waals surface area contributed by atoms with Gasteiger partial charge in [0.2, 0.25) is 5.78 Å². The zero-order chi connectivity index (χ0) is 15.0. The van der Waals surface area contributed by atoms with Crippen molar-refractivity contribution in [3.63, 3.8) is 0 Å². The normalized spacial score (nSPS) is 15.2. The van der Waals surface area contributed by atoms with Crippen LogP contribution in [0.25, 0.3) is 6.08 Å². The van der Waals surface area contributed by atoms with Crippen molar-refractivity contribution >= 4 is 29.3 Å². The van der Waals surface area contributed by atoms with E-state index in [-0.39, 0.29) is 22.8 Å². The summed E-state index contributed by atoms with van der Waals surface area (Å²) in [7, 11) is 0. The first-order valence-corrected chi connectivity index (χ1v) is 6.86. The van der Waals surface area contributed by atoms with Gasteiger partial charge in [0.05, 0.1) is 9.83 Å². The van der Waals surface area contributed by atoms with E-state index in [2.05, 4.69) is 0 Å². The third-order valence-electron chi connectivity index (χ3n) is 3.07. The molecule has 0 aromatic heterocycles. The molecule has 0 aliphatic carbocycles. The predicted molar refractivity (Wildman–Crippen MR) is 77.1 cm³/mol. The molecule has 0 saturated carbocycles. The molecular formula is C15H8NO4S-. The van der Waals surface area contributed by atoms with Gasteiger partial charge in [-0.3, -0.25) is 14.9 Å². The summed E-state index contributed by atoms with van der Waals surface area (Å²) in [6.07, 6.45) is 1.42. The molecule has 2 aromatic rings. The van der Waals surface area contributed by atoms with Crippen LogP contribution >= 0.6 is 11.8 Å². The maximum Gasteiger partial charge on any atom is 0.269 e. The highest BCUT2D eigenvalue weighted by Gasteiger charge is 2.25. The summed E-state index contributed by atoms with van der Waals surface area (Å²) in [4.78, 5) is 23.6. The number of hydrogen-bond donors (Lipinski definition) is 0. The molecule has 0 atom stereocenters. The van der Waals surface area contributed by atoms with E-state index in [4.69, 9.17) is 0 Å². The zero-order valence-corrected chi connectivity index (χ0v) is 11.4. The number of nitrogens with zero attached hydrogens (tertiary/aromatic N) is 1. The highest BCUT2D eigenvalue weighted by atomic mass is 32.2. The zero-order valence-electron chi connectivity index (χ0n) is 10.6.